The molecule has 0 aromatic rings. The van der Waals surface area contributed by atoms with Gasteiger partial charge in [-0.1, -0.05) is 53.7 Å². The van der Waals surface area contributed by atoms with Gasteiger partial charge in [0.25, 0.3) is 0 Å². The van der Waals surface area contributed by atoms with Gasteiger partial charge in [-0.05, 0) is 79.4 Å². The fourth-order valence-electron chi connectivity index (χ4n) is 16.7. The van der Waals surface area contributed by atoms with Crippen molar-refractivity contribution >= 4 is 0 Å². The van der Waals surface area contributed by atoms with Crippen LogP contribution in [0.15, 0.2) is 12.2 Å². The average molecular weight is 1060 g/mol. The standard InChI is InChI=1S/C52H84O22/c1-46(2)13-14-51-22-68-52(29(51)15-46)12-8-28-47(3)10-9-31(48(4,21-55)27(47)7-11-49(28,5)50(52,6)16-30(51)57)72-44-40(74-43-39(65)36(62)33(59)24(17-53)69-43)35(61)26(20-67-44)71-45-41(37(63)34(60)25(18-54)70-45)73-42-38(64)32(58)23(56)19-66-42/h8,12,23-45,53-65H,7,9-11,13-22H2,1-6H3/t23-,24-,25-,26+,27?,28?,29?,30?,31+,32-,33-,34-,35-,36+,37-,38-,39-,40-,41-,42+,43+,44+,45+,47+,48+,49-,50?,51-,52+/m1/s1. The molecule has 5 heterocycles. The number of rotatable bonds is 11. The second-order valence-electron chi connectivity index (χ2n) is 25.7. The summed E-state index contributed by atoms with van der Waals surface area (Å²) in [5.41, 5.74) is -2.68. The molecule has 5 aliphatic heterocycles. The van der Waals surface area contributed by atoms with Gasteiger partial charge in [0.2, 0.25) is 0 Å². The summed E-state index contributed by atoms with van der Waals surface area (Å²) in [6, 6.07) is 0. The summed E-state index contributed by atoms with van der Waals surface area (Å²) in [5.74, 6) is 0.0943. The molecule has 0 aromatic carbocycles. The molecule has 9 fully saturated rings. The van der Waals surface area contributed by atoms with Crippen molar-refractivity contribution in [1.82, 2.24) is 0 Å². The predicted molar refractivity (Wildman–Crippen MR) is 251 cm³/mol. The summed E-state index contributed by atoms with van der Waals surface area (Å²) in [6.07, 6.45) is -20.7. The van der Waals surface area contributed by atoms with E-state index in [4.69, 9.17) is 42.6 Å². The summed E-state index contributed by atoms with van der Waals surface area (Å²) in [7, 11) is 0. The Bertz CT molecular complexity index is 2030. The average Bonchev–Trinajstić information content (AvgIpc) is 3.64. The third-order valence-electron chi connectivity index (χ3n) is 21.4. The Hall–Kier alpha value is -1.14. The van der Waals surface area contributed by atoms with Crippen molar-refractivity contribution in [2.45, 2.75) is 221 Å². The summed E-state index contributed by atoms with van der Waals surface area (Å²) < 4.78 is 55.7. The molecule has 424 valence electrons. The fourth-order valence-corrected chi connectivity index (χ4v) is 16.7. The lowest BCUT2D eigenvalue weighted by atomic mass is 9.32. The van der Waals surface area contributed by atoms with Crippen LogP contribution in [0.1, 0.15) is 92.9 Å². The fraction of sp³-hybridized carbons (Fsp3) is 0.962. The number of aliphatic hydroxyl groups is 13. The molecule has 5 aliphatic carbocycles. The maximum absolute atomic E-state index is 12.4. The van der Waals surface area contributed by atoms with Gasteiger partial charge in [-0.15, -0.1) is 0 Å². The third-order valence-corrected chi connectivity index (χ3v) is 21.4. The molecular formula is C52H84O22. The van der Waals surface area contributed by atoms with Crippen molar-refractivity contribution in [3.05, 3.63) is 12.2 Å². The zero-order chi connectivity index (χ0) is 53.5. The second-order valence-corrected chi connectivity index (χ2v) is 25.7. The molecular weight excluding hydrogens is 977 g/mol. The molecule has 0 radical (unpaired) electrons. The van der Waals surface area contributed by atoms with E-state index in [2.05, 4.69) is 46.8 Å². The van der Waals surface area contributed by atoms with Crippen molar-refractivity contribution < 1.29 is 109 Å². The quantitative estimate of drug-likeness (QED) is 0.0763. The highest BCUT2D eigenvalue weighted by molar-refractivity contribution is 5.36. The molecule has 22 nitrogen and oxygen atoms in total. The van der Waals surface area contributed by atoms with Crippen molar-refractivity contribution in [3.8, 4) is 0 Å². The number of aliphatic hydroxyl groups excluding tert-OH is 13. The SMILES string of the molecule is CC1(C)CC[C@]23CO[C@@]4(C=CC5[C@@]6(C)CC[C@H](O[C@@H]7OC[C@H](O[C@@H]8O[C@H](CO)[C@@H](O)[C@@H](O)[C@H]8O[C@@H]8OC[C@@H](O)[C@@H](O)[C@H]8O)[C@@H](O)[C@H]7O[C@@H]7O[C@H](CO)[C@@H](O)[C@H](O)[C@H]7O)[C@@](C)(CO)C6CC[C@@]5(C)C4(C)CC2O)C3C1. The largest absolute Gasteiger partial charge is 0.396 e. The first kappa shape index (κ1) is 56.1. The van der Waals surface area contributed by atoms with E-state index < -0.39 is 166 Å². The van der Waals surface area contributed by atoms with Crippen LogP contribution in [-0.2, 0) is 42.6 Å². The molecule has 5 saturated heterocycles. The highest BCUT2D eigenvalue weighted by Crippen LogP contribution is 2.79. The summed E-state index contributed by atoms with van der Waals surface area (Å²) in [6.45, 7) is 11.4. The van der Waals surface area contributed by atoms with Gasteiger partial charge in [0.15, 0.2) is 25.2 Å². The monoisotopic (exact) mass is 1060 g/mol. The Morgan fingerprint density at radius 2 is 1.20 bits per heavy atom. The van der Waals surface area contributed by atoms with Crippen LogP contribution in [-0.4, -0.2) is 234 Å². The van der Waals surface area contributed by atoms with Crippen LogP contribution in [0, 0.1) is 50.2 Å². The summed E-state index contributed by atoms with van der Waals surface area (Å²) in [5, 5.41) is 142. The normalized spacial score (nSPS) is 58.0. The van der Waals surface area contributed by atoms with E-state index in [-0.39, 0.29) is 46.0 Å². The predicted octanol–water partition coefficient (Wildman–Crippen LogP) is -2.32. The van der Waals surface area contributed by atoms with Gasteiger partial charge < -0.3 is 109 Å². The Morgan fingerprint density at radius 3 is 1.89 bits per heavy atom. The van der Waals surface area contributed by atoms with Crippen molar-refractivity contribution in [1.29, 1.82) is 0 Å². The number of ether oxygens (including phenoxy) is 9. The molecule has 74 heavy (non-hydrogen) atoms. The molecule has 29 atom stereocenters. The van der Waals surface area contributed by atoms with Gasteiger partial charge in [-0.3, -0.25) is 0 Å². The maximum Gasteiger partial charge on any atom is 0.187 e. The third kappa shape index (κ3) is 8.32. The first-order valence-electron chi connectivity index (χ1n) is 26.9. The number of fused-ring (bicyclic) bond motifs is 4. The highest BCUT2D eigenvalue weighted by atomic mass is 16.8. The van der Waals surface area contributed by atoms with E-state index in [1.807, 2.05) is 6.92 Å². The minimum absolute atomic E-state index is 0.0362. The maximum atomic E-state index is 12.4. The minimum atomic E-state index is -1.92. The van der Waals surface area contributed by atoms with Crippen molar-refractivity contribution in [2.75, 3.05) is 39.6 Å². The van der Waals surface area contributed by atoms with Crippen LogP contribution in [0.4, 0.5) is 0 Å². The van der Waals surface area contributed by atoms with E-state index >= 15 is 0 Å². The molecule has 13 N–H and O–H groups in total. The Kier molecular flexibility index (Phi) is 15.1. The molecule has 2 bridgehead atoms. The van der Waals surface area contributed by atoms with Crippen LogP contribution < -0.4 is 0 Å². The first-order valence-corrected chi connectivity index (χ1v) is 26.9. The van der Waals surface area contributed by atoms with Crippen LogP contribution in [0.5, 0.6) is 0 Å². The number of allylic oxidation sites excluding steroid dienone is 1. The van der Waals surface area contributed by atoms with Crippen LogP contribution in [0.25, 0.3) is 0 Å². The van der Waals surface area contributed by atoms with Crippen molar-refractivity contribution in [2.24, 2.45) is 50.2 Å². The first-order chi connectivity index (χ1) is 34.8. The summed E-state index contributed by atoms with van der Waals surface area (Å²) >= 11 is 0. The lowest BCUT2D eigenvalue weighted by Crippen LogP contribution is -2.72. The van der Waals surface area contributed by atoms with Gasteiger partial charge in [0, 0.05) is 22.2 Å². The Balaban J connectivity index is 0.923. The minimum Gasteiger partial charge on any atom is -0.396 e. The molecule has 5 unspecified atom stereocenters. The lowest BCUT2D eigenvalue weighted by Gasteiger charge is -2.73. The topological polar surface area (TPSA) is 346 Å². The van der Waals surface area contributed by atoms with Crippen LogP contribution >= 0.6 is 0 Å². The van der Waals surface area contributed by atoms with E-state index in [0.29, 0.717) is 32.3 Å². The van der Waals surface area contributed by atoms with Crippen LogP contribution in [0.3, 0.4) is 0 Å². The molecule has 10 rings (SSSR count). The van der Waals surface area contributed by atoms with E-state index in [1.165, 1.54) is 0 Å². The molecule has 0 amide bonds. The highest BCUT2D eigenvalue weighted by Gasteiger charge is 2.79. The Labute approximate surface area is 431 Å². The van der Waals surface area contributed by atoms with Crippen LogP contribution in [0.2, 0.25) is 0 Å². The molecule has 4 saturated carbocycles. The summed E-state index contributed by atoms with van der Waals surface area (Å²) in [4.78, 5) is 0. The molecule has 10 aliphatic rings. The van der Waals surface area contributed by atoms with Crippen molar-refractivity contribution in [3.63, 3.8) is 0 Å². The second kappa shape index (κ2) is 19.8. The lowest BCUT2D eigenvalue weighted by molar-refractivity contribution is -0.392. The zero-order valence-corrected chi connectivity index (χ0v) is 43.3. The Morgan fingerprint density at radius 1 is 0.568 bits per heavy atom. The van der Waals surface area contributed by atoms with E-state index in [0.717, 1.165) is 25.7 Å². The van der Waals surface area contributed by atoms with Gasteiger partial charge in [0.05, 0.1) is 57.5 Å². The number of hydrogen-bond donors (Lipinski definition) is 13. The molecule has 22 heteroatoms. The molecule has 0 aromatic heterocycles. The van der Waals surface area contributed by atoms with E-state index in [9.17, 15) is 66.4 Å². The van der Waals surface area contributed by atoms with Gasteiger partial charge in [-0.2, -0.15) is 0 Å². The van der Waals surface area contributed by atoms with E-state index in [1.54, 1.807) is 0 Å². The smallest absolute Gasteiger partial charge is 0.187 e. The van der Waals surface area contributed by atoms with Gasteiger partial charge in [-0.25, -0.2) is 0 Å². The molecule has 1 spiro atoms. The van der Waals surface area contributed by atoms with Gasteiger partial charge >= 0.3 is 0 Å². The zero-order valence-electron chi connectivity index (χ0n) is 43.3. The van der Waals surface area contributed by atoms with Gasteiger partial charge in [0.1, 0.15) is 85.5 Å². The number of hydrogen-bond acceptors (Lipinski definition) is 22.